The number of halogens is 1. The monoisotopic (exact) mass is 468 g/mol. The molecule has 8 heteroatoms. The highest BCUT2D eigenvalue weighted by Crippen LogP contribution is 2.12. The third kappa shape index (κ3) is 8.54. The first-order valence-electron chi connectivity index (χ1n) is 9.13. The molecular weight excluding hydrogens is 435 g/mol. The zero-order chi connectivity index (χ0) is 17.2. The number of nitrogens with zero attached hydrogens (tertiary/aromatic N) is 2. The lowest BCUT2D eigenvalue weighted by atomic mass is 10.1. The van der Waals surface area contributed by atoms with Crippen molar-refractivity contribution in [2.75, 3.05) is 53.1 Å². The van der Waals surface area contributed by atoms with Gasteiger partial charge in [-0.3, -0.25) is 9.79 Å². The van der Waals surface area contributed by atoms with Crippen LogP contribution in [0.1, 0.15) is 32.6 Å². The van der Waals surface area contributed by atoms with Gasteiger partial charge in [-0.1, -0.05) is 0 Å². The van der Waals surface area contributed by atoms with Gasteiger partial charge in [0, 0.05) is 58.3 Å². The number of hydrogen-bond donors (Lipinski definition) is 2. The topological polar surface area (TPSA) is 75.2 Å². The van der Waals surface area contributed by atoms with Crippen LogP contribution < -0.4 is 10.6 Å². The first-order valence-corrected chi connectivity index (χ1v) is 9.13. The van der Waals surface area contributed by atoms with Crippen LogP contribution in [0.2, 0.25) is 0 Å². The van der Waals surface area contributed by atoms with E-state index in [4.69, 9.17) is 9.47 Å². The van der Waals surface area contributed by atoms with E-state index in [0.29, 0.717) is 12.3 Å². The van der Waals surface area contributed by atoms with Gasteiger partial charge >= 0.3 is 0 Å². The number of likely N-dealkylation sites (tertiary alicyclic amines) is 1. The second-order valence-corrected chi connectivity index (χ2v) is 6.57. The molecule has 0 aromatic rings. The van der Waals surface area contributed by atoms with E-state index in [1.165, 1.54) is 0 Å². The van der Waals surface area contributed by atoms with Crippen molar-refractivity contribution in [1.82, 2.24) is 15.5 Å². The second kappa shape index (κ2) is 12.7. The summed E-state index contributed by atoms with van der Waals surface area (Å²) in [4.78, 5) is 17.9. The molecule has 25 heavy (non-hydrogen) atoms. The summed E-state index contributed by atoms with van der Waals surface area (Å²) in [5, 5.41) is 6.70. The Morgan fingerprint density at radius 3 is 2.96 bits per heavy atom. The summed E-state index contributed by atoms with van der Waals surface area (Å²) in [6.07, 6.45) is 3.49. The molecule has 2 rings (SSSR count). The van der Waals surface area contributed by atoms with E-state index in [-0.39, 0.29) is 35.9 Å². The van der Waals surface area contributed by atoms with Crippen molar-refractivity contribution in [2.45, 2.75) is 38.6 Å². The maximum atomic E-state index is 11.5. The van der Waals surface area contributed by atoms with Gasteiger partial charge in [0.05, 0.1) is 13.2 Å². The molecule has 7 nitrogen and oxygen atoms in total. The smallest absolute Gasteiger partial charge is 0.222 e. The molecule has 2 aliphatic rings. The first-order chi connectivity index (χ1) is 11.7. The van der Waals surface area contributed by atoms with Gasteiger partial charge in [0.15, 0.2) is 5.96 Å². The van der Waals surface area contributed by atoms with E-state index in [1.807, 2.05) is 7.05 Å². The predicted octanol–water partition coefficient (Wildman–Crippen LogP) is 1.22. The van der Waals surface area contributed by atoms with Gasteiger partial charge in [0.2, 0.25) is 5.91 Å². The van der Waals surface area contributed by atoms with Crippen LogP contribution in [0.15, 0.2) is 4.99 Å². The molecule has 2 atom stereocenters. The van der Waals surface area contributed by atoms with Crippen molar-refractivity contribution in [3.8, 4) is 0 Å². The summed E-state index contributed by atoms with van der Waals surface area (Å²) < 4.78 is 11.0. The highest BCUT2D eigenvalue weighted by Gasteiger charge is 2.23. The number of guanidine groups is 1. The van der Waals surface area contributed by atoms with Crippen LogP contribution in [-0.2, 0) is 14.3 Å². The van der Waals surface area contributed by atoms with Gasteiger partial charge in [-0.05, 0) is 26.2 Å². The number of piperidine rings is 1. The third-order valence-corrected chi connectivity index (χ3v) is 4.41. The predicted molar refractivity (Wildman–Crippen MR) is 110 cm³/mol. The standard InChI is InChI=1S/C17H32N4O3.HI/c1-3-18-17(20-15-5-6-16(22)21(2)11-15)19-8-4-9-23-12-14-7-10-24-13-14;/h14-15H,3-13H2,1-2H3,(H2,18,19,20);1H. The molecule has 0 aromatic carbocycles. The molecule has 0 aromatic heterocycles. The molecule has 1 amide bonds. The molecule has 2 aliphatic heterocycles. The van der Waals surface area contributed by atoms with Crippen LogP contribution >= 0.6 is 24.0 Å². The molecular formula is C17H33IN4O3. The van der Waals surface area contributed by atoms with E-state index >= 15 is 0 Å². The maximum absolute atomic E-state index is 11.5. The molecule has 0 bridgehead atoms. The maximum Gasteiger partial charge on any atom is 0.222 e. The second-order valence-electron chi connectivity index (χ2n) is 6.57. The Hall–Kier alpha value is -0.610. The number of carbonyl (C=O) groups is 1. The minimum atomic E-state index is 0. The van der Waals surface area contributed by atoms with Crippen LogP contribution in [0.5, 0.6) is 0 Å². The zero-order valence-electron chi connectivity index (χ0n) is 15.5. The van der Waals surface area contributed by atoms with Crippen molar-refractivity contribution in [2.24, 2.45) is 10.9 Å². The summed E-state index contributed by atoms with van der Waals surface area (Å²) in [6.45, 7) is 7.59. The lowest BCUT2D eigenvalue weighted by Crippen LogP contribution is -2.51. The number of ether oxygens (including phenoxy) is 2. The summed E-state index contributed by atoms with van der Waals surface area (Å²) in [5.41, 5.74) is 0. The van der Waals surface area contributed by atoms with E-state index in [9.17, 15) is 4.79 Å². The SMILES string of the molecule is CCNC(=NCCCOCC1CCOC1)NC1CCC(=O)N(C)C1.I. The van der Waals surface area contributed by atoms with Gasteiger partial charge in [-0.25, -0.2) is 0 Å². The lowest BCUT2D eigenvalue weighted by Gasteiger charge is -2.31. The minimum absolute atomic E-state index is 0. The fourth-order valence-corrected chi connectivity index (χ4v) is 2.97. The molecule has 146 valence electrons. The Morgan fingerprint density at radius 2 is 2.28 bits per heavy atom. The van der Waals surface area contributed by atoms with E-state index in [2.05, 4.69) is 22.5 Å². The molecule has 2 saturated heterocycles. The number of aliphatic imine (C=N–C) groups is 1. The Morgan fingerprint density at radius 1 is 1.44 bits per heavy atom. The van der Waals surface area contributed by atoms with Crippen molar-refractivity contribution >= 4 is 35.8 Å². The van der Waals surface area contributed by atoms with Gasteiger partial charge in [-0.15, -0.1) is 24.0 Å². The first kappa shape index (κ1) is 22.4. The average Bonchev–Trinajstić information content (AvgIpc) is 3.07. The average molecular weight is 468 g/mol. The molecule has 0 radical (unpaired) electrons. The Balaban J connectivity index is 0.00000312. The number of hydrogen-bond acceptors (Lipinski definition) is 4. The molecule has 2 N–H and O–H groups in total. The van der Waals surface area contributed by atoms with Crippen LogP contribution in [0, 0.1) is 5.92 Å². The van der Waals surface area contributed by atoms with Crippen molar-refractivity contribution in [3.05, 3.63) is 0 Å². The molecule has 2 fully saturated rings. The molecule has 0 spiro atoms. The molecule has 0 aliphatic carbocycles. The highest BCUT2D eigenvalue weighted by molar-refractivity contribution is 14.0. The van der Waals surface area contributed by atoms with Gasteiger partial charge in [0.1, 0.15) is 0 Å². The fraction of sp³-hybridized carbons (Fsp3) is 0.882. The Kier molecular flexibility index (Phi) is 11.4. The number of likely N-dealkylation sites (N-methyl/N-ethyl adjacent to an activating group) is 1. The summed E-state index contributed by atoms with van der Waals surface area (Å²) in [7, 11) is 1.85. The minimum Gasteiger partial charge on any atom is -0.381 e. The highest BCUT2D eigenvalue weighted by atomic mass is 127. The van der Waals surface area contributed by atoms with Gasteiger partial charge < -0.3 is 25.0 Å². The van der Waals surface area contributed by atoms with E-state index in [1.54, 1.807) is 4.90 Å². The van der Waals surface area contributed by atoms with E-state index < -0.39 is 0 Å². The molecule has 0 saturated carbocycles. The number of carbonyl (C=O) groups excluding carboxylic acids is 1. The summed E-state index contributed by atoms with van der Waals surface area (Å²) in [5.74, 6) is 1.62. The van der Waals surface area contributed by atoms with Gasteiger partial charge in [0.25, 0.3) is 0 Å². The van der Waals surface area contributed by atoms with Gasteiger partial charge in [-0.2, -0.15) is 0 Å². The normalized spacial score (nSPS) is 24.2. The number of nitrogens with one attached hydrogen (secondary N) is 2. The van der Waals surface area contributed by atoms with Crippen LogP contribution in [0.4, 0.5) is 0 Å². The summed E-state index contributed by atoms with van der Waals surface area (Å²) in [6, 6.07) is 0.268. The largest absolute Gasteiger partial charge is 0.381 e. The van der Waals surface area contributed by atoms with Crippen molar-refractivity contribution in [3.63, 3.8) is 0 Å². The lowest BCUT2D eigenvalue weighted by molar-refractivity contribution is -0.132. The van der Waals surface area contributed by atoms with E-state index in [0.717, 1.165) is 71.3 Å². The Bertz CT molecular complexity index is 417. The van der Waals surface area contributed by atoms with Crippen LogP contribution in [-0.4, -0.2) is 75.9 Å². The van der Waals surface area contributed by atoms with Crippen molar-refractivity contribution in [1.29, 1.82) is 0 Å². The van der Waals surface area contributed by atoms with Crippen LogP contribution in [0.25, 0.3) is 0 Å². The third-order valence-electron chi connectivity index (χ3n) is 4.41. The number of rotatable bonds is 8. The zero-order valence-corrected chi connectivity index (χ0v) is 17.8. The molecule has 2 heterocycles. The Labute approximate surface area is 168 Å². The molecule has 2 unspecified atom stereocenters. The fourth-order valence-electron chi connectivity index (χ4n) is 2.97. The number of amides is 1. The quantitative estimate of drug-likeness (QED) is 0.243. The van der Waals surface area contributed by atoms with Crippen LogP contribution in [0.3, 0.4) is 0 Å². The summed E-state index contributed by atoms with van der Waals surface area (Å²) >= 11 is 0. The van der Waals surface area contributed by atoms with Crippen molar-refractivity contribution < 1.29 is 14.3 Å².